The van der Waals surface area contributed by atoms with Gasteiger partial charge in [-0.15, -0.1) is 0 Å². The molecule has 1 spiro atoms. The van der Waals surface area contributed by atoms with Crippen molar-refractivity contribution >= 4 is 5.91 Å². The van der Waals surface area contributed by atoms with Gasteiger partial charge in [0, 0.05) is 50.2 Å². The fraction of sp³-hybridized carbons (Fsp3) is 0.632. The van der Waals surface area contributed by atoms with Crippen molar-refractivity contribution < 1.29 is 23.1 Å². The third-order valence-electron chi connectivity index (χ3n) is 5.58. The maximum absolute atomic E-state index is 14.0. The highest BCUT2D eigenvalue weighted by atomic mass is 19.2. The molecule has 1 aromatic rings. The number of nitrogens with zero attached hydrogens (tertiary/aromatic N) is 2. The summed E-state index contributed by atoms with van der Waals surface area (Å²) < 4.78 is 40.6. The summed E-state index contributed by atoms with van der Waals surface area (Å²) in [5, 5.41) is 9.02. The summed E-state index contributed by atoms with van der Waals surface area (Å²) >= 11 is 0. The molecular formula is C19H25F3N2O2. The van der Waals surface area contributed by atoms with Crippen LogP contribution in [0.4, 0.5) is 13.2 Å². The minimum absolute atomic E-state index is 0.0450. The van der Waals surface area contributed by atoms with Gasteiger partial charge in [-0.05, 0) is 38.3 Å². The summed E-state index contributed by atoms with van der Waals surface area (Å²) in [7, 11) is 0. The first-order valence-electron chi connectivity index (χ1n) is 9.17. The average molecular weight is 370 g/mol. The van der Waals surface area contributed by atoms with Gasteiger partial charge in [-0.3, -0.25) is 9.69 Å². The summed E-state index contributed by atoms with van der Waals surface area (Å²) in [5.41, 5.74) is 0.112. The van der Waals surface area contributed by atoms with Crippen molar-refractivity contribution in [3.63, 3.8) is 0 Å². The monoisotopic (exact) mass is 370 g/mol. The van der Waals surface area contributed by atoms with Gasteiger partial charge in [-0.2, -0.15) is 0 Å². The van der Waals surface area contributed by atoms with Gasteiger partial charge in [-0.25, -0.2) is 13.2 Å². The van der Waals surface area contributed by atoms with Crippen LogP contribution < -0.4 is 0 Å². The van der Waals surface area contributed by atoms with E-state index in [1.165, 1.54) is 6.07 Å². The molecule has 2 aliphatic rings. The second-order valence-corrected chi connectivity index (χ2v) is 7.54. The Balaban J connectivity index is 1.69. The second-order valence-electron chi connectivity index (χ2n) is 7.54. The molecule has 0 aliphatic carbocycles. The summed E-state index contributed by atoms with van der Waals surface area (Å²) in [6.07, 6.45) is 3.75. The Morgan fingerprint density at radius 1 is 1.12 bits per heavy atom. The Kier molecular flexibility index (Phi) is 5.87. The number of carbonyl (C=O) groups excluding carboxylic acids is 1. The number of likely N-dealkylation sites (tertiary alicyclic amines) is 2. The quantitative estimate of drug-likeness (QED) is 0.811. The number of rotatable bonds is 5. The summed E-state index contributed by atoms with van der Waals surface area (Å²) in [6, 6.07) is 2.26. The van der Waals surface area contributed by atoms with E-state index >= 15 is 0 Å². The zero-order valence-corrected chi connectivity index (χ0v) is 14.8. The van der Waals surface area contributed by atoms with Crippen LogP contribution in [-0.4, -0.2) is 53.6 Å². The number of benzene rings is 1. The number of piperidine rings is 2. The predicted octanol–water partition coefficient (Wildman–Crippen LogP) is 2.69. The average Bonchev–Trinajstić information content (AvgIpc) is 2.63. The van der Waals surface area contributed by atoms with Gasteiger partial charge in [0.2, 0.25) is 5.91 Å². The standard InChI is InChI=1S/C19H25F3N2O2/c20-15-4-3-14(17(21)18(15)22)11-23-8-1-6-19(12-23)7-5-16(26)24(13-19)9-2-10-25/h3-4,25H,1-2,5-13H2/t19-/m1/s1. The zero-order chi connectivity index (χ0) is 18.7. The molecule has 1 amide bonds. The first kappa shape index (κ1) is 19.2. The molecule has 3 rings (SSSR count). The molecule has 2 saturated heterocycles. The van der Waals surface area contributed by atoms with Crippen molar-refractivity contribution in [2.24, 2.45) is 5.41 Å². The van der Waals surface area contributed by atoms with Crippen LogP contribution in [0.5, 0.6) is 0 Å². The van der Waals surface area contributed by atoms with Crippen LogP contribution in [0.25, 0.3) is 0 Å². The predicted molar refractivity (Wildman–Crippen MR) is 90.8 cm³/mol. The van der Waals surface area contributed by atoms with E-state index in [0.717, 1.165) is 31.9 Å². The van der Waals surface area contributed by atoms with Crippen LogP contribution in [0.2, 0.25) is 0 Å². The first-order valence-corrected chi connectivity index (χ1v) is 9.17. The van der Waals surface area contributed by atoms with Gasteiger partial charge < -0.3 is 10.0 Å². The Morgan fingerprint density at radius 3 is 2.69 bits per heavy atom. The summed E-state index contributed by atoms with van der Waals surface area (Å²) in [6.45, 7) is 2.95. The highest BCUT2D eigenvalue weighted by Crippen LogP contribution is 2.39. The van der Waals surface area contributed by atoms with Crippen molar-refractivity contribution in [1.29, 1.82) is 0 Å². The molecule has 144 valence electrons. The van der Waals surface area contributed by atoms with E-state index in [9.17, 15) is 18.0 Å². The highest BCUT2D eigenvalue weighted by Gasteiger charge is 2.41. The molecular weight excluding hydrogens is 345 g/mol. The largest absolute Gasteiger partial charge is 0.396 e. The molecule has 0 bridgehead atoms. The molecule has 2 heterocycles. The van der Waals surface area contributed by atoms with E-state index in [1.807, 2.05) is 4.90 Å². The van der Waals surface area contributed by atoms with Crippen molar-refractivity contribution in [3.05, 3.63) is 35.1 Å². The number of amides is 1. The third kappa shape index (κ3) is 4.04. The molecule has 1 atom stereocenters. The van der Waals surface area contributed by atoms with Gasteiger partial charge in [0.1, 0.15) is 0 Å². The van der Waals surface area contributed by atoms with Crippen LogP contribution in [0.3, 0.4) is 0 Å². The summed E-state index contributed by atoms with van der Waals surface area (Å²) in [4.78, 5) is 16.0. The minimum Gasteiger partial charge on any atom is -0.396 e. The van der Waals surface area contributed by atoms with Crippen LogP contribution in [-0.2, 0) is 11.3 Å². The third-order valence-corrected chi connectivity index (χ3v) is 5.58. The maximum atomic E-state index is 14.0. The second kappa shape index (κ2) is 7.96. The number of aliphatic hydroxyl groups excluding tert-OH is 1. The van der Waals surface area contributed by atoms with Crippen molar-refractivity contribution in [2.75, 3.05) is 32.8 Å². The molecule has 26 heavy (non-hydrogen) atoms. The number of hydrogen-bond acceptors (Lipinski definition) is 3. The fourth-order valence-electron chi connectivity index (χ4n) is 4.27. The lowest BCUT2D eigenvalue weighted by molar-refractivity contribution is -0.139. The van der Waals surface area contributed by atoms with E-state index < -0.39 is 17.5 Å². The van der Waals surface area contributed by atoms with Crippen LogP contribution in [0.15, 0.2) is 12.1 Å². The Labute approximate surface area is 151 Å². The molecule has 2 aliphatic heterocycles. The molecule has 1 aromatic carbocycles. The molecule has 0 unspecified atom stereocenters. The minimum atomic E-state index is -1.42. The normalized spacial score (nSPS) is 24.5. The van der Waals surface area contributed by atoms with Gasteiger partial charge in [-0.1, -0.05) is 6.07 Å². The van der Waals surface area contributed by atoms with Crippen LogP contribution in [0.1, 0.15) is 37.7 Å². The van der Waals surface area contributed by atoms with Gasteiger partial charge >= 0.3 is 0 Å². The molecule has 0 aromatic heterocycles. The number of hydrogen-bond donors (Lipinski definition) is 1. The lowest BCUT2D eigenvalue weighted by Gasteiger charge is -2.48. The maximum Gasteiger partial charge on any atom is 0.222 e. The van der Waals surface area contributed by atoms with Crippen LogP contribution >= 0.6 is 0 Å². The lowest BCUT2D eigenvalue weighted by Crippen LogP contribution is -2.54. The fourth-order valence-corrected chi connectivity index (χ4v) is 4.27. The molecule has 7 heteroatoms. The lowest BCUT2D eigenvalue weighted by atomic mass is 9.73. The smallest absolute Gasteiger partial charge is 0.222 e. The molecule has 1 N–H and O–H groups in total. The van der Waals surface area contributed by atoms with Gasteiger partial charge in [0.05, 0.1) is 0 Å². The Morgan fingerprint density at radius 2 is 1.92 bits per heavy atom. The topological polar surface area (TPSA) is 43.8 Å². The van der Waals surface area contributed by atoms with E-state index in [0.29, 0.717) is 32.5 Å². The summed E-state index contributed by atoms with van der Waals surface area (Å²) in [5.74, 6) is -3.60. The number of carbonyl (C=O) groups is 1. The Hall–Kier alpha value is -1.60. The number of aliphatic hydroxyl groups is 1. The van der Waals surface area contributed by atoms with Crippen molar-refractivity contribution in [1.82, 2.24) is 9.80 Å². The highest BCUT2D eigenvalue weighted by molar-refractivity contribution is 5.77. The molecule has 0 radical (unpaired) electrons. The molecule has 0 saturated carbocycles. The number of halogens is 3. The SMILES string of the molecule is O=C1CC[C@@]2(CCCN(Cc3ccc(F)c(F)c3F)C2)CN1CCCO. The van der Waals surface area contributed by atoms with E-state index in [-0.39, 0.29) is 30.0 Å². The zero-order valence-electron chi connectivity index (χ0n) is 14.8. The van der Waals surface area contributed by atoms with Gasteiger partial charge in [0.25, 0.3) is 0 Å². The van der Waals surface area contributed by atoms with Gasteiger partial charge in [0.15, 0.2) is 17.5 Å². The molecule has 2 fully saturated rings. The van der Waals surface area contributed by atoms with E-state index in [2.05, 4.69) is 4.90 Å². The van der Waals surface area contributed by atoms with E-state index in [4.69, 9.17) is 5.11 Å². The Bertz CT molecular complexity index is 670. The van der Waals surface area contributed by atoms with Crippen LogP contribution in [0, 0.1) is 22.9 Å². The first-order chi connectivity index (χ1) is 12.4. The van der Waals surface area contributed by atoms with Crippen molar-refractivity contribution in [3.8, 4) is 0 Å². The molecule has 4 nitrogen and oxygen atoms in total. The van der Waals surface area contributed by atoms with E-state index in [1.54, 1.807) is 0 Å². The van der Waals surface area contributed by atoms with Crippen molar-refractivity contribution in [2.45, 2.75) is 38.6 Å².